The Labute approximate surface area is 108 Å². The van der Waals surface area contributed by atoms with Crippen LogP contribution in [0.1, 0.15) is 36.5 Å². The van der Waals surface area contributed by atoms with Crippen molar-refractivity contribution in [3.63, 3.8) is 0 Å². The molecule has 1 unspecified atom stereocenters. The molecule has 1 aromatic carbocycles. The molecule has 0 bridgehead atoms. The zero-order valence-electron chi connectivity index (χ0n) is 10.7. The highest BCUT2D eigenvalue weighted by Gasteiger charge is 2.15. The van der Waals surface area contributed by atoms with E-state index in [0.717, 1.165) is 18.4 Å². The average Bonchev–Trinajstić information content (AvgIpc) is 2.34. The predicted molar refractivity (Wildman–Crippen MR) is 72.4 cm³/mol. The van der Waals surface area contributed by atoms with Crippen molar-refractivity contribution in [2.45, 2.75) is 32.3 Å². The van der Waals surface area contributed by atoms with Gasteiger partial charge in [-0.1, -0.05) is 36.4 Å². The summed E-state index contributed by atoms with van der Waals surface area (Å²) in [5.41, 5.74) is 2.85. The minimum atomic E-state index is -0.295. The molecule has 0 amide bonds. The average molecular weight is 242 g/mol. The van der Waals surface area contributed by atoms with E-state index in [0.29, 0.717) is 5.56 Å². The summed E-state index contributed by atoms with van der Waals surface area (Å²) in [6.07, 6.45) is 5.35. The fourth-order valence-electron chi connectivity index (χ4n) is 1.78. The van der Waals surface area contributed by atoms with Crippen molar-refractivity contribution in [1.82, 2.24) is 0 Å². The van der Waals surface area contributed by atoms with Crippen molar-refractivity contribution in [2.24, 2.45) is 0 Å². The third-order valence-electron chi connectivity index (χ3n) is 3.20. The minimum Gasteiger partial charge on any atom is -0.454 e. The molecule has 0 saturated heterocycles. The third-order valence-corrected chi connectivity index (χ3v) is 3.20. The number of benzene rings is 1. The first-order valence-corrected chi connectivity index (χ1v) is 6.31. The van der Waals surface area contributed by atoms with Crippen LogP contribution in [0, 0.1) is 0 Å². The molecule has 1 aliphatic rings. The quantitative estimate of drug-likeness (QED) is 0.748. The highest BCUT2D eigenvalue weighted by atomic mass is 16.5. The molecule has 0 heterocycles. The van der Waals surface area contributed by atoms with Gasteiger partial charge in [0.1, 0.15) is 6.10 Å². The van der Waals surface area contributed by atoms with Gasteiger partial charge >= 0.3 is 5.97 Å². The Hall–Kier alpha value is -1.83. The summed E-state index contributed by atoms with van der Waals surface area (Å²) in [5, 5.41) is 0. The summed E-state index contributed by atoms with van der Waals surface area (Å²) in [6.45, 7) is 5.83. The maximum Gasteiger partial charge on any atom is 0.338 e. The lowest BCUT2D eigenvalue weighted by molar-refractivity contribution is 0.0412. The van der Waals surface area contributed by atoms with Gasteiger partial charge in [-0.2, -0.15) is 0 Å². The second-order valence-electron chi connectivity index (χ2n) is 4.64. The number of hydrogen-bond acceptors (Lipinski definition) is 2. The zero-order chi connectivity index (χ0) is 13.0. The number of carbonyl (C=O) groups is 1. The van der Waals surface area contributed by atoms with Crippen LogP contribution < -0.4 is 0 Å². The van der Waals surface area contributed by atoms with Crippen molar-refractivity contribution in [2.75, 3.05) is 0 Å². The summed E-state index contributed by atoms with van der Waals surface area (Å²) in [4.78, 5) is 11.8. The zero-order valence-corrected chi connectivity index (χ0v) is 10.7. The highest BCUT2D eigenvalue weighted by Crippen LogP contribution is 2.27. The van der Waals surface area contributed by atoms with Crippen LogP contribution in [-0.4, -0.2) is 12.1 Å². The number of rotatable bonds is 4. The summed E-state index contributed by atoms with van der Waals surface area (Å²) in [6, 6.07) is 9.03. The molecular weight excluding hydrogens is 224 g/mol. The summed E-state index contributed by atoms with van der Waals surface area (Å²) >= 11 is 0. The fourth-order valence-corrected chi connectivity index (χ4v) is 1.78. The van der Waals surface area contributed by atoms with Crippen molar-refractivity contribution in [3.8, 4) is 0 Å². The smallest absolute Gasteiger partial charge is 0.338 e. The molecule has 0 radical (unpaired) electrons. The summed E-state index contributed by atoms with van der Waals surface area (Å²) < 4.78 is 5.38. The molecule has 2 rings (SSSR count). The minimum absolute atomic E-state index is 0.272. The molecule has 0 aliphatic heterocycles. The van der Waals surface area contributed by atoms with Crippen LogP contribution in [0.25, 0.3) is 0 Å². The van der Waals surface area contributed by atoms with Crippen LogP contribution in [0.3, 0.4) is 0 Å². The first-order valence-electron chi connectivity index (χ1n) is 6.31. The molecule has 0 N–H and O–H groups in total. The number of carbonyl (C=O) groups excluding carboxylic acids is 1. The Kier molecular flexibility index (Phi) is 3.98. The van der Waals surface area contributed by atoms with Gasteiger partial charge in [-0.3, -0.25) is 0 Å². The SMILES string of the molecule is C=C(C=C1CCC1)C(C)OC(=O)c1ccccc1. The Morgan fingerprint density at radius 3 is 2.56 bits per heavy atom. The molecule has 1 aromatic rings. The number of hydrogen-bond donors (Lipinski definition) is 0. The van der Waals surface area contributed by atoms with E-state index in [-0.39, 0.29) is 12.1 Å². The van der Waals surface area contributed by atoms with E-state index >= 15 is 0 Å². The van der Waals surface area contributed by atoms with E-state index in [4.69, 9.17) is 4.74 Å². The molecule has 0 spiro atoms. The van der Waals surface area contributed by atoms with Gasteiger partial charge in [0.05, 0.1) is 5.56 Å². The van der Waals surface area contributed by atoms with Gasteiger partial charge in [-0.05, 0) is 43.9 Å². The number of esters is 1. The van der Waals surface area contributed by atoms with Crippen molar-refractivity contribution >= 4 is 5.97 Å². The van der Waals surface area contributed by atoms with E-state index in [1.807, 2.05) is 25.1 Å². The molecule has 1 atom stereocenters. The Morgan fingerprint density at radius 2 is 2.00 bits per heavy atom. The lowest BCUT2D eigenvalue weighted by Crippen LogP contribution is -2.16. The summed E-state index contributed by atoms with van der Waals surface area (Å²) in [5.74, 6) is -0.295. The monoisotopic (exact) mass is 242 g/mol. The van der Waals surface area contributed by atoms with Gasteiger partial charge in [0.25, 0.3) is 0 Å². The first kappa shape index (κ1) is 12.6. The fraction of sp³-hybridized carbons (Fsp3) is 0.312. The molecule has 18 heavy (non-hydrogen) atoms. The molecule has 1 fully saturated rings. The van der Waals surface area contributed by atoms with Crippen molar-refractivity contribution in [1.29, 1.82) is 0 Å². The lowest BCUT2D eigenvalue weighted by atomic mass is 9.90. The summed E-state index contributed by atoms with van der Waals surface area (Å²) in [7, 11) is 0. The molecule has 2 heteroatoms. The van der Waals surface area contributed by atoms with E-state index in [9.17, 15) is 4.79 Å². The van der Waals surface area contributed by atoms with Gasteiger partial charge in [-0.15, -0.1) is 0 Å². The lowest BCUT2D eigenvalue weighted by Gasteiger charge is -2.19. The van der Waals surface area contributed by atoms with E-state index in [1.165, 1.54) is 12.0 Å². The molecule has 94 valence electrons. The van der Waals surface area contributed by atoms with Crippen LogP contribution >= 0.6 is 0 Å². The Morgan fingerprint density at radius 1 is 1.33 bits per heavy atom. The van der Waals surface area contributed by atoms with Crippen LogP contribution in [0.4, 0.5) is 0 Å². The van der Waals surface area contributed by atoms with Gasteiger partial charge in [0.15, 0.2) is 0 Å². The molecule has 0 aromatic heterocycles. The highest BCUT2D eigenvalue weighted by molar-refractivity contribution is 5.89. The maximum absolute atomic E-state index is 11.8. The second kappa shape index (κ2) is 5.67. The largest absolute Gasteiger partial charge is 0.454 e. The standard InChI is InChI=1S/C16H18O2/c1-12(11-14-7-6-8-14)13(2)18-16(17)15-9-4-3-5-10-15/h3-5,9-11,13H,1,6-8H2,2H3. The molecule has 1 aliphatic carbocycles. The van der Waals surface area contributed by atoms with Crippen LogP contribution in [0.5, 0.6) is 0 Å². The van der Waals surface area contributed by atoms with Crippen LogP contribution in [0.2, 0.25) is 0 Å². The van der Waals surface area contributed by atoms with Crippen LogP contribution in [0.15, 0.2) is 54.1 Å². The van der Waals surface area contributed by atoms with E-state index in [2.05, 4.69) is 12.7 Å². The molecule has 1 saturated carbocycles. The first-order chi connectivity index (χ1) is 8.66. The van der Waals surface area contributed by atoms with Gasteiger partial charge in [0, 0.05) is 0 Å². The maximum atomic E-state index is 11.8. The molecular formula is C16H18O2. The second-order valence-corrected chi connectivity index (χ2v) is 4.64. The van der Waals surface area contributed by atoms with E-state index in [1.54, 1.807) is 12.1 Å². The molecule has 2 nitrogen and oxygen atoms in total. The van der Waals surface area contributed by atoms with Gasteiger partial charge < -0.3 is 4.74 Å². The van der Waals surface area contributed by atoms with Gasteiger partial charge in [-0.25, -0.2) is 4.79 Å². The van der Waals surface area contributed by atoms with Crippen molar-refractivity contribution in [3.05, 3.63) is 59.7 Å². The Balaban J connectivity index is 1.93. The third kappa shape index (κ3) is 3.10. The predicted octanol–water partition coefficient (Wildman–Crippen LogP) is 3.90. The van der Waals surface area contributed by atoms with Gasteiger partial charge in [0.2, 0.25) is 0 Å². The number of allylic oxidation sites excluding steroid dienone is 1. The normalized spacial score (nSPS) is 15.5. The number of ether oxygens (including phenoxy) is 1. The topological polar surface area (TPSA) is 26.3 Å². The van der Waals surface area contributed by atoms with E-state index < -0.39 is 0 Å². The van der Waals surface area contributed by atoms with Crippen molar-refractivity contribution < 1.29 is 9.53 Å². The Bertz CT molecular complexity index is 465. The van der Waals surface area contributed by atoms with Crippen LogP contribution in [-0.2, 0) is 4.74 Å².